The van der Waals surface area contributed by atoms with Gasteiger partial charge in [-0.1, -0.05) is 114 Å². The summed E-state index contributed by atoms with van der Waals surface area (Å²) < 4.78 is 25.3. The zero-order valence-electron chi connectivity index (χ0n) is 36.0. The zero-order chi connectivity index (χ0) is 45.8. The van der Waals surface area contributed by atoms with Crippen LogP contribution in [-0.2, 0) is 40.6 Å². The number of ether oxygens (including phenoxy) is 4. The molecule has 0 saturated carbocycles. The molecule has 1 spiro atoms. The first-order chi connectivity index (χ1) is 32.3. The van der Waals surface area contributed by atoms with Crippen LogP contribution in [0.15, 0.2) is 140 Å². The summed E-state index contributed by atoms with van der Waals surface area (Å²) in [6.45, 7) is 3.42. The third-order valence-corrected chi connectivity index (χ3v) is 12.3. The minimum Gasteiger partial charge on any atom is -0.491 e. The summed E-state index contributed by atoms with van der Waals surface area (Å²) in [4.78, 5) is 64.1. The number of aliphatic hydroxyl groups is 1. The Balaban J connectivity index is 1.33. The van der Waals surface area contributed by atoms with E-state index in [1.54, 1.807) is 47.1 Å². The molecule has 66 heavy (non-hydrogen) atoms. The number of para-hydroxylation sites is 2. The number of esters is 1. The molecule has 6 atom stereocenters. The van der Waals surface area contributed by atoms with Crippen LogP contribution in [0.2, 0.25) is 0 Å². The van der Waals surface area contributed by atoms with E-state index in [1.807, 2.05) is 89.8 Å². The van der Waals surface area contributed by atoms with Crippen molar-refractivity contribution < 1.29 is 43.2 Å². The summed E-state index contributed by atoms with van der Waals surface area (Å²) in [5.41, 5.74) is 2.08. The van der Waals surface area contributed by atoms with Gasteiger partial charge in [-0.2, -0.15) is 0 Å². The first-order valence-corrected chi connectivity index (χ1v) is 21.5. The fourth-order valence-electron chi connectivity index (χ4n) is 9.74. The largest absolute Gasteiger partial charge is 0.491 e. The van der Waals surface area contributed by atoms with Crippen molar-refractivity contribution in [2.45, 2.75) is 36.2 Å². The lowest BCUT2D eigenvalue weighted by atomic mass is 9.65. The number of rotatable bonds is 13. The lowest BCUT2D eigenvalue weighted by Gasteiger charge is -2.46. The molecule has 4 heterocycles. The van der Waals surface area contributed by atoms with Crippen molar-refractivity contribution in [3.63, 3.8) is 0 Å². The molecule has 6 aromatic rings. The van der Waals surface area contributed by atoms with Crippen molar-refractivity contribution in [3.05, 3.63) is 168 Å². The zero-order valence-corrected chi connectivity index (χ0v) is 36.0. The number of carbonyl (C=O) groups excluding carboxylic acids is 4. The standard InChI is InChI=1S/C51H46N6O9/c1-3-26-52-47(59)42-44-48(60)66-45(35-18-8-5-9-19-35)43(34-16-6-4-7-17-34)57(44)46(36-20-10-13-23-41(36)64-29-28-58)51(42)37-32-33(15-14-27-55-40-22-12-11-21-38(40)53-54-55)24-25-39(37)56(49(51)61)50(62)65-31-30-63-2/h3-13,16-25,32,42-46,58H,1,26-31H2,2H3,(H,52,59)/t42-,43-,44-,45+,46+,51-/m0/s1. The molecule has 2 fully saturated rings. The van der Waals surface area contributed by atoms with Gasteiger partial charge in [-0.25, -0.2) is 14.4 Å². The van der Waals surface area contributed by atoms with Crippen LogP contribution in [0.3, 0.4) is 0 Å². The molecule has 1 aromatic heterocycles. The van der Waals surface area contributed by atoms with Gasteiger partial charge >= 0.3 is 12.1 Å². The van der Waals surface area contributed by atoms with Crippen LogP contribution in [0.4, 0.5) is 10.5 Å². The Labute approximate surface area is 380 Å². The molecular formula is C51H46N6O9. The maximum absolute atomic E-state index is 16.3. The van der Waals surface area contributed by atoms with Crippen molar-refractivity contribution in [3.8, 4) is 17.6 Å². The SMILES string of the molecule is C=CCNC(=O)[C@@H]1[C@H]2C(=O)O[C@H](c3ccccc3)[C@H](c3ccccc3)N2[C@H](c2ccccc2OCCO)[C@@]12C(=O)N(C(=O)OCCOC)c1ccc(C#CCn3nnc4ccccc43)cc12. The minimum absolute atomic E-state index is 0.00486. The highest BCUT2D eigenvalue weighted by Crippen LogP contribution is 2.66. The molecule has 0 aliphatic carbocycles. The predicted octanol–water partition coefficient (Wildman–Crippen LogP) is 5.60. The Morgan fingerprint density at radius 2 is 1.62 bits per heavy atom. The highest BCUT2D eigenvalue weighted by molar-refractivity contribution is 6.23. The fraction of sp³-hybridized carbons (Fsp3) is 0.255. The summed E-state index contributed by atoms with van der Waals surface area (Å²) >= 11 is 0. The van der Waals surface area contributed by atoms with E-state index in [2.05, 4.69) is 34.0 Å². The molecule has 5 aromatic carbocycles. The first-order valence-electron chi connectivity index (χ1n) is 21.5. The molecule has 334 valence electrons. The molecule has 0 bridgehead atoms. The van der Waals surface area contributed by atoms with Gasteiger partial charge in [0.25, 0.3) is 0 Å². The van der Waals surface area contributed by atoms with Crippen LogP contribution < -0.4 is 15.0 Å². The van der Waals surface area contributed by atoms with E-state index >= 15 is 14.4 Å². The van der Waals surface area contributed by atoms with Crippen LogP contribution >= 0.6 is 0 Å². The van der Waals surface area contributed by atoms with Crippen molar-refractivity contribution in [1.29, 1.82) is 0 Å². The van der Waals surface area contributed by atoms with E-state index in [4.69, 9.17) is 18.9 Å². The number of anilines is 1. The molecule has 0 radical (unpaired) electrons. The summed E-state index contributed by atoms with van der Waals surface area (Å²) in [6.07, 6.45) is -0.441. The number of hydrogen-bond acceptors (Lipinski definition) is 12. The highest BCUT2D eigenvalue weighted by Gasteiger charge is 2.76. The molecule has 3 amide bonds. The Kier molecular flexibility index (Phi) is 12.4. The minimum atomic E-state index is -2.08. The van der Waals surface area contributed by atoms with Gasteiger partial charge in [-0.05, 0) is 53.1 Å². The number of cyclic esters (lactones) is 1. The quantitative estimate of drug-likeness (QED) is 0.0637. The second-order valence-electron chi connectivity index (χ2n) is 15.9. The molecule has 3 aliphatic heterocycles. The monoisotopic (exact) mass is 886 g/mol. The van der Waals surface area contributed by atoms with Crippen molar-refractivity contribution in [2.24, 2.45) is 5.92 Å². The number of aromatic nitrogens is 3. The fourth-order valence-corrected chi connectivity index (χ4v) is 9.74. The molecule has 2 N–H and O–H groups in total. The van der Waals surface area contributed by atoms with Gasteiger partial charge in [0.1, 0.15) is 48.6 Å². The van der Waals surface area contributed by atoms with E-state index in [0.29, 0.717) is 22.2 Å². The lowest BCUT2D eigenvalue weighted by molar-refractivity contribution is -0.178. The Bertz CT molecular complexity index is 2860. The van der Waals surface area contributed by atoms with Crippen LogP contribution in [0.1, 0.15) is 46.0 Å². The van der Waals surface area contributed by atoms with Gasteiger partial charge in [0.05, 0.1) is 42.4 Å². The number of nitrogens with one attached hydrogen (secondary N) is 1. The molecular weight excluding hydrogens is 841 g/mol. The smallest absolute Gasteiger partial charge is 0.421 e. The van der Waals surface area contributed by atoms with E-state index in [-0.39, 0.29) is 56.5 Å². The summed E-state index contributed by atoms with van der Waals surface area (Å²) in [5, 5.41) is 21.5. The summed E-state index contributed by atoms with van der Waals surface area (Å²) in [5.74, 6) is 2.91. The average molecular weight is 887 g/mol. The Morgan fingerprint density at radius 1 is 0.894 bits per heavy atom. The first kappa shape index (κ1) is 43.6. The summed E-state index contributed by atoms with van der Waals surface area (Å²) in [7, 11) is 1.46. The number of methoxy groups -OCH3 is 1. The number of benzene rings is 5. The number of morpholine rings is 1. The molecule has 0 unspecified atom stereocenters. The second-order valence-corrected chi connectivity index (χ2v) is 15.9. The molecule has 15 nitrogen and oxygen atoms in total. The van der Waals surface area contributed by atoms with Crippen LogP contribution in [0.25, 0.3) is 11.0 Å². The number of nitrogens with zero attached hydrogens (tertiary/aromatic N) is 5. The molecule has 3 aliphatic rings. The van der Waals surface area contributed by atoms with Gasteiger partial charge in [-0.3, -0.25) is 19.3 Å². The number of fused-ring (bicyclic) bond motifs is 4. The van der Waals surface area contributed by atoms with E-state index < -0.39 is 59.4 Å². The molecule has 15 heteroatoms. The normalized spacial score (nSPS) is 22.0. The second kappa shape index (κ2) is 18.8. The van der Waals surface area contributed by atoms with E-state index in [9.17, 15) is 9.90 Å². The van der Waals surface area contributed by atoms with Crippen LogP contribution in [0.5, 0.6) is 5.75 Å². The third-order valence-electron chi connectivity index (χ3n) is 12.3. The Hall–Kier alpha value is -7.64. The van der Waals surface area contributed by atoms with Crippen LogP contribution in [0, 0.1) is 17.8 Å². The van der Waals surface area contributed by atoms with Gasteiger partial charge in [0, 0.05) is 24.8 Å². The molecule has 2 saturated heterocycles. The average Bonchev–Trinajstić information content (AvgIpc) is 3.99. The van der Waals surface area contributed by atoms with Gasteiger partial charge in [-0.15, -0.1) is 11.7 Å². The predicted molar refractivity (Wildman–Crippen MR) is 242 cm³/mol. The number of carbonyl (C=O) groups is 4. The number of amides is 3. The van der Waals surface area contributed by atoms with Gasteiger partial charge in [0.2, 0.25) is 11.8 Å². The van der Waals surface area contributed by atoms with E-state index in [1.165, 1.54) is 13.2 Å². The van der Waals surface area contributed by atoms with Gasteiger partial charge < -0.3 is 29.4 Å². The topological polar surface area (TPSA) is 175 Å². The number of aliphatic hydroxyl groups excluding tert-OH is 1. The summed E-state index contributed by atoms with van der Waals surface area (Å²) in [6, 6.07) is 34.8. The highest BCUT2D eigenvalue weighted by atomic mass is 16.6. The van der Waals surface area contributed by atoms with Gasteiger partial charge in [0.15, 0.2) is 0 Å². The van der Waals surface area contributed by atoms with E-state index in [0.717, 1.165) is 16.0 Å². The van der Waals surface area contributed by atoms with Crippen molar-refractivity contribution in [1.82, 2.24) is 25.2 Å². The number of imide groups is 1. The lowest BCUT2D eigenvalue weighted by Crippen LogP contribution is -2.55. The molecule has 9 rings (SSSR count). The van der Waals surface area contributed by atoms with Crippen molar-refractivity contribution >= 4 is 40.6 Å². The van der Waals surface area contributed by atoms with Crippen LogP contribution in [-0.4, -0.2) is 95.0 Å². The maximum Gasteiger partial charge on any atom is 0.421 e. The third kappa shape index (κ3) is 7.54. The maximum atomic E-state index is 16.3. The van der Waals surface area contributed by atoms with Crippen molar-refractivity contribution in [2.75, 3.05) is 45.0 Å². The number of hydrogen-bond donors (Lipinski definition) is 2. The Morgan fingerprint density at radius 3 is 2.38 bits per heavy atom.